The first-order chi connectivity index (χ1) is 6.27. The first-order valence-electron chi connectivity index (χ1n) is 3.64. The average Bonchev–Trinajstić information content (AvgIpc) is 2.48. The van der Waals surface area contributed by atoms with Crippen molar-refractivity contribution in [3.05, 3.63) is 30.6 Å². The number of rotatable bonds is 2. The molecule has 0 aliphatic carbocycles. The van der Waals surface area contributed by atoms with Crippen molar-refractivity contribution in [2.45, 2.75) is 10.9 Å². The van der Waals surface area contributed by atoms with Gasteiger partial charge in [-0.05, 0) is 23.9 Å². The van der Waals surface area contributed by atoms with E-state index in [-0.39, 0.29) is 0 Å². The molecule has 5 heteroatoms. The average molecular weight is 200 g/mol. The molecule has 0 spiro atoms. The van der Waals surface area contributed by atoms with Crippen LogP contribution in [0.1, 0.15) is 0 Å². The number of thioether (sulfide) groups is 1. The predicted molar refractivity (Wildman–Crippen MR) is 47.1 cm³/mol. The van der Waals surface area contributed by atoms with Crippen molar-refractivity contribution in [1.82, 2.24) is 9.38 Å². The lowest BCUT2D eigenvalue weighted by atomic mass is 10.4. The Hall–Kier alpha value is -1.10. The molecule has 0 saturated heterocycles. The SMILES string of the molecule is FC(F)Sc1ncc2ccccn12. The minimum atomic E-state index is -2.43. The van der Waals surface area contributed by atoms with Crippen molar-refractivity contribution >= 4 is 17.3 Å². The van der Waals surface area contributed by atoms with Crippen LogP contribution in [0.3, 0.4) is 0 Å². The number of hydrogen-bond acceptors (Lipinski definition) is 2. The molecule has 0 atom stereocenters. The van der Waals surface area contributed by atoms with Gasteiger partial charge in [0.05, 0.1) is 11.7 Å². The summed E-state index contributed by atoms with van der Waals surface area (Å²) in [6.45, 7) is 0. The van der Waals surface area contributed by atoms with Gasteiger partial charge in [0.1, 0.15) is 0 Å². The Bertz CT molecular complexity index is 413. The zero-order valence-electron chi connectivity index (χ0n) is 6.52. The number of fused-ring (bicyclic) bond motifs is 1. The summed E-state index contributed by atoms with van der Waals surface area (Å²) in [4.78, 5) is 3.88. The Labute approximate surface area is 77.6 Å². The van der Waals surface area contributed by atoms with E-state index >= 15 is 0 Å². The van der Waals surface area contributed by atoms with Crippen LogP contribution in [0.25, 0.3) is 5.52 Å². The molecular weight excluding hydrogens is 194 g/mol. The fourth-order valence-electron chi connectivity index (χ4n) is 1.09. The summed E-state index contributed by atoms with van der Waals surface area (Å²) in [5.41, 5.74) is 0.825. The molecular formula is C8H6F2N2S. The van der Waals surface area contributed by atoms with Gasteiger partial charge >= 0.3 is 0 Å². The summed E-state index contributed by atoms with van der Waals surface area (Å²) in [6, 6.07) is 5.45. The van der Waals surface area contributed by atoms with Gasteiger partial charge in [-0.25, -0.2) is 4.98 Å². The zero-order chi connectivity index (χ0) is 9.26. The summed E-state index contributed by atoms with van der Waals surface area (Å²) >= 11 is 0.453. The summed E-state index contributed by atoms with van der Waals surface area (Å²) in [5.74, 6) is -2.43. The summed E-state index contributed by atoms with van der Waals surface area (Å²) in [7, 11) is 0. The predicted octanol–water partition coefficient (Wildman–Crippen LogP) is 2.65. The third kappa shape index (κ3) is 1.65. The van der Waals surface area contributed by atoms with Crippen molar-refractivity contribution in [3.63, 3.8) is 0 Å². The Morgan fingerprint density at radius 2 is 2.23 bits per heavy atom. The number of imidazole rings is 1. The van der Waals surface area contributed by atoms with Gasteiger partial charge in [0, 0.05) is 6.20 Å². The maximum absolute atomic E-state index is 12.0. The molecule has 2 aromatic heterocycles. The molecule has 2 rings (SSSR count). The fraction of sp³-hybridized carbons (Fsp3) is 0.125. The molecule has 0 fully saturated rings. The van der Waals surface area contributed by atoms with E-state index in [2.05, 4.69) is 4.98 Å². The van der Waals surface area contributed by atoms with Crippen LogP contribution in [0.5, 0.6) is 0 Å². The molecule has 0 bridgehead atoms. The van der Waals surface area contributed by atoms with Crippen molar-refractivity contribution < 1.29 is 8.78 Å². The van der Waals surface area contributed by atoms with Crippen LogP contribution < -0.4 is 0 Å². The highest BCUT2D eigenvalue weighted by Crippen LogP contribution is 2.24. The van der Waals surface area contributed by atoms with Crippen LogP contribution in [0, 0.1) is 0 Å². The topological polar surface area (TPSA) is 17.3 Å². The minimum Gasteiger partial charge on any atom is -0.295 e. The lowest BCUT2D eigenvalue weighted by Crippen LogP contribution is -1.89. The number of alkyl halides is 2. The molecule has 0 aliphatic heterocycles. The Morgan fingerprint density at radius 1 is 1.38 bits per heavy atom. The van der Waals surface area contributed by atoms with Gasteiger partial charge in [-0.2, -0.15) is 8.78 Å². The highest BCUT2D eigenvalue weighted by molar-refractivity contribution is 7.99. The standard InChI is InChI=1S/C8H6F2N2S/c9-7(10)13-8-11-5-6-3-1-2-4-12(6)8/h1-5,7H. The molecule has 0 N–H and O–H groups in total. The van der Waals surface area contributed by atoms with E-state index in [1.165, 1.54) is 0 Å². The monoisotopic (exact) mass is 200 g/mol. The highest BCUT2D eigenvalue weighted by Gasteiger charge is 2.09. The number of pyridine rings is 1. The van der Waals surface area contributed by atoms with Gasteiger partial charge in [0.15, 0.2) is 5.16 Å². The van der Waals surface area contributed by atoms with Gasteiger partial charge in [0.2, 0.25) is 0 Å². The summed E-state index contributed by atoms with van der Waals surface area (Å²) in [5, 5.41) is 0.325. The third-order valence-corrected chi connectivity index (χ3v) is 2.29. The lowest BCUT2D eigenvalue weighted by molar-refractivity contribution is 0.251. The molecule has 13 heavy (non-hydrogen) atoms. The van der Waals surface area contributed by atoms with Gasteiger partial charge in [-0.15, -0.1) is 0 Å². The molecule has 0 amide bonds. The van der Waals surface area contributed by atoms with E-state index in [0.29, 0.717) is 16.9 Å². The van der Waals surface area contributed by atoms with E-state index in [4.69, 9.17) is 0 Å². The Kier molecular flexibility index (Phi) is 2.18. The van der Waals surface area contributed by atoms with Crippen LogP contribution in [-0.2, 0) is 0 Å². The van der Waals surface area contributed by atoms with Crippen molar-refractivity contribution in [2.24, 2.45) is 0 Å². The fourth-order valence-corrected chi connectivity index (χ4v) is 1.64. The van der Waals surface area contributed by atoms with Crippen LogP contribution >= 0.6 is 11.8 Å². The van der Waals surface area contributed by atoms with Gasteiger partial charge in [0.25, 0.3) is 5.76 Å². The number of nitrogens with zero attached hydrogens (tertiary/aromatic N) is 2. The molecule has 2 aromatic rings. The number of aromatic nitrogens is 2. The van der Waals surface area contributed by atoms with E-state index in [1.807, 2.05) is 12.1 Å². The maximum Gasteiger partial charge on any atom is 0.291 e. The minimum absolute atomic E-state index is 0.325. The number of halogens is 2. The van der Waals surface area contributed by atoms with Crippen LogP contribution in [0.2, 0.25) is 0 Å². The van der Waals surface area contributed by atoms with Crippen molar-refractivity contribution in [1.29, 1.82) is 0 Å². The van der Waals surface area contributed by atoms with Crippen molar-refractivity contribution in [2.75, 3.05) is 0 Å². The second kappa shape index (κ2) is 3.33. The lowest BCUT2D eigenvalue weighted by Gasteiger charge is -1.98. The first kappa shape index (κ1) is 8.50. The van der Waals surface area contributed by atoms with Gasteiger partial charge in [-0.1, -0.05) is 6.07 Å². The normalized spacial score (nSPS) is 11.3. The zero-order valence-corrected chi connectivity index (χ0v) is 7.34. The van der Waals surface area contributed by atoms with Gasteiger partial charge in [-0.3, -0.25) is 4.40 Å². The number of hydrogen-bond donors (Lipinski definition) is 0. The molecule has 68 valence electrons. The summed E-state index contributed by atoms with van der Waals surface area (Å²) < 4.78 is 25.7. The highest BCUT2D eigenvalue weighted by atomic mass is 32.2. The molecule has 2 nitrogen and oxygen atoms in total. The largest absolute Gasteiger partial charge is 0.295 e. The molecule has 0 saturated carbocycles. The molecule has 0 aromatic carbocycles. The molecule has 2 heterocycles. The smallest absolute Gasteiger partial charge is 0.291 e. The van der Waals surface area contributed by atoms with Gasteiger partial charge < -0.3 is 0 Å². The Balaban J connectivity index is 2.46. The van der Waals surface area contributed by atoms with E-state index in [0.717, 1.165) is 5.52 Å². The molecule has 0 radical (unpaired) electrons. The molecule has 0 unspecified atom stereocenters. The second-order valence-corrected chi connectivity index (χ2v) is 3.37. The summed E-state index contributed by atoms with van der Waals surface area (Å²) in [6.07, 6.45) is 3.29. The molecule has 0 aliphatic rings. The van der Waals surface area contributed by atoms with E-state index in [9.17, 15) is 8.78 Å². The third-order valence-electron chi connectivity index (χ3n) is 1.60. The quantitative estimate of drug-likeness (QED) is 0.693. The van der Waals surface area contributed by atoms with E-state index in [1.54, 1.807) is 22.9 Å². The van der Waals surface area contributed by atoms with Crippen LogP contribution in [-0.4, -0.2) is 15.1 Å². The van der Waals surface area contributed by atoms with Crippen molar-refractivity contribution in [3.8, 4) is 0 Å². The van der Waals surface area contributed by atoms with Crippen LogP contribution in [0.15, 0.2) is 35.7 Å². The Morgan fingerprint density at radius 3 is 3.00 bits per heavy atom. The van der Waals surface area contributed by atoms with E-state index < -0.39 is 5.76 Å². The van der Waals surface area contributed by atoms with Crippen LogP contribution in [0.4, 0.5) is 8.78 Å². The second-order valence-electron chi connectivity index (χ2n) is 2.41. The first-order valence-corrected chi connectivity index (χ1v) is 4.52. The maximum atomic E-state index is 12.0.